The first-order chi connectivity index (χ1) is 12.7. The summed E-state index contributed by atoms with van der Waals surface area (Å²) in [5.41, 5.74) is 0.759. The lowest BCUT2D eigenvalue weighted by Crippen LogP contribution is -2.35. The summed E-state index contributed by atoms with van der Waals surface area (Å²) < 4.78 is 50.4. The van der Waals surface area contributed by atoms with Crippen LogP contribution in [0.25, 0.3) is 0 Å². The maximum absolute atomic E-state index is 12.9. The van der Waals surface area contributed by atoms with Gasteiger partial charge < -0.3 is 14.8 Å². The molecule has 0 saturated carbocycles. The van der Waals surface area contributed by atoms with Gasteiger partial charge in [0.2, 0.25) is 0 Å². The predicted octanol–water partition coefficient (Wildman–Crippen LogP) is 5.00. The second-order valence-electron chi connectivity index (χ2n) is 7.39. The van der Waals surface area contributed by atoms with Crippen LogP contribution in [0, 0.1) is 0 Å². The number of rotatable bonds is 5. The van der Waals surface area contributed by atoms with Gasteiger partial charge in [-0.05, 0) is 51.1 Å². The highest BCUT2D eigenvalue weighted by Gasteiger charge is 2.36. The van der Waals surface area contributed by atoms with E-state index in [1.165, 1.54) is 0 Å². The normalized spacial score (nSPS) is 18.5. The fraction of sp³-hybridized carbons (Fsp3) is 0.429. The summed E-state index contributed by atoms with van der Waals surface area (Å²) in [6.45, 7) is 5.25. The average Bonchev–Trinajstić information content (AvgIpc) is 2.59. The SMILES string of the molecule is CNCCOc1ccc2c(c1)OC(C)(C)CC2c1ccc(C(F)(F)F)cc1. The maximum atomic E-state index is 12.9. The number of nitrogens with one attached hydrogen (secondary N) is 1. The molecule has 0 fully saturated rings. The smallest absolute Gasteiger partial charge is 0.416 e. The number of hydrogen-bond donors (Lipinski definition) is 1. The molecule has 0 spiro atoms. The van der Waals surface area contributed by atoms with Gasteiger partial charge in [0.25, 0.3) is 0 Å². The van der Waals surface area contributed by atoms with Gasteiger partial charge in [0, 0.05) is 24.1 Å². The molecule has 0 radical (unpaired) electrons. The summed E-state index contributed by atoms with van der Waals surface area (Å²) in [4.78, 5) is 0. The summed E-state index contributed by atoms with van der Waals surface area (Å²) in [7, 11) is 1.86. The second kappa shape index (κ2) is 7.43. The zero-order valence-electron chi connectivity index (χ0n) is 15.7. The van der Waals surface area contributed by atoms with Gasteiger partial charge in [0.05, 0.1) is 5.56 Å². The van der Waals surface area contributed by atoms with Gasteiger partial charge in [-0.2, -0.15) is 13.2 Å². The maximum Gasteiger partial charge on any atom is 0.416 e. The Morgan fingerprint density at radius 1 is 1.15 bits per heavy atom. The van der Waals surface area contributed by atoms with Gasteiger partial charge >= 0.3 is 6.18 Å². The molecule has 1 atom stereocenters. The summed E-state index contributed by atoms with van der Waals surface area (Å²) in [5.74, 6) is 1.41. The molecule has 27 heavy (non-hydrogen) atoms. The van der Waals surface area contributed by atoms with Crippen molar-refractivity contribution in [1.82, 2.24) is 5.32 Å². The Bertz CT molecular complexity index is 785. The highest BCUT2D eigenvalue weighted by Crippen LogP contribution is 2.45. The zero-order chi connectivity index (χ0) is 19.7. The summed E-state index contributed by atoms with van der Waals surface area (Å²) >= 11 is 0. The van der Waals surface area contributed by atoms with Crippen LogP contribution in [0.15, 0.2) is 42.5 Å². The van der Waals surface area contributed by atoms with E-state index in [9.17, 15) is 13.2 Å². The van der Waals surface area contributed by atoms with Crippen molar-refractivity contribution in [3.8, 4) is 11.5 Å². The summed E-state index contributed by atoms with van der Waals surface area (Å²) in [6, 6.07) is 11.1. The molecule has 1 heterocycles. The van der Waals surface area contributed by atoms with Crippen molar-refractivity contribution in [1.29, 1.82) is 0 Å². The van der Waals surface area contributed by atoms with Crippen molar-refractivity contribution in [3.63, 3.8) is 0 Å². The molecule has 0 amide bonds. The third kappa shape index (κ3) is 4.56. The molecule has 146 valence electrons. The first-order valence-electron chi connectivity index (χ1n) is 8.97. The lowest BCUT2D eigenvalue weighted by molar-refractivity contribution is -0.137. The van der Waals surface area contributed by atoms with Crippen molar-refractivity contribution in [2.45, 2.75) is 38.0 Å². The molecule has 1 N–H and O–H groups in total. The van der Waals surface area contributed by atoms with Crippen LogP contribution < -0.4 is 14.8 Å². The van der Waals surface area contributed by atoms with E-state index in [1.54, 1.807) is 12.1 Å². The zero-order valence-corrected chi connectivity index (χ0v) is 15.7. The largest absolute Gasteiger partial charge is 0.492 e. The van der Waals surface area contributed by atoms with Crippen molar-refractivity contribution >= 4 is 0 Å². The molecule has 6 heteroatoms. The fourth-order valence-electron chi connectivity index (χ4n) is 3.39. The van der Waals surface area contributed by atoms with E-state index in [4.69, 9.17) is 9.47 Å². The number of hydrogen-bond acceptors (Lipinski definition) is 3. The van der Waals surface area contributed by atoms with E-state index < -0.39 is 17.3 Å². The van der Waals surface area contributed by atoms with E-state index in [0.29, 0.717) is 18.8 Å². The van der Waals surface area contributed by atoms with Crippen LogP contribution in [-0.4, -0.2) is 25.8 Å². The van der Waals surface area contributed by atoms with Gasteiger partial charge in [-0.3, -0.25) is 0 Å². The van der Waals surface area contributed by atoms with Gasteiger partial charge in [-0.25, -0.2) is 0 Å². The van der Waals surface area contributed by atoms with E-state index in [2.05, 4.69) is 5.32 Å². The number of fused-ring (bicyclic) bond motifs is 1. The van der Waals surface area contributed by atoms with Crippen LogP contribution in [0.2, 0.25) is 0 Å². The molecule has 2 aromatic carbocycles. The molecule has 3 nitrogen and oxygen atoms in total. The van der Waals surface area contributed by atoms with Crippen molar-refractivity contribution < 1.29 is 22.6 Å². The Balaban J connectivity index is 1.91. The number of benzene rings is 2. The lowest BCUT2D eigenvalue weighted by Gasteiger charge is -2.38. The van der Waals surface area contributed by atoms with E-state index in [1.807, 2.05) is 39.1 Å². The number of likely N-dealkylation sites (N-methyl/N-ethyl adjacent to an activating group) is 1. The first kappa shape index (κ1) is 19.5. The standard InChI is InChI=1S/C21H24F3NO2/c1-20(2)13-18(14-4-6-15(7-5-14)21(22,23)24)17-9-8-16(12-19(17)27-20)26-11-10-25-3/h4-9,12,18,25H,10-11,13H2,1-3H3. The van der Waals surface area contributed by atoms with Crippen LogP contribution in [0.3, 0.4) is 0 Å². The van der Waals surface area contributed by atoms with Crippen LogP contribution in [-0.2, 0) is 6.18 Å². The van der Waals surface area contributed by atoms with E-state index in [0.717, 1.165) is 35.6 Å². The van der Waals surface area contributed by atoms with Crippen LogP contribution in [0.5, 0.6) is 11.5 Å². The Kier molecular flexibility index (Phi) is 5.38. The topological polar surface area (TPSA) is 30.5 Å². The Hall–Kier alpha value is -2.21. The van der Waals surface area contributed by atoms with Crippen molar-refractivity contribution in [2.24, 2.45) is 0 Å². The van der Waals surface area contributed by atoms with Gasteiger partial charge in [-0.15, -0.1) is 0 Å². The highest BCUT2D eigenvalue weighted by atomic mass is 19.4. The first-order valence-corrected chi connectivity index (χ1v) is 8.97. The van der Waals surface area contributed by atoms with Crippen LogP contribution in [0.4, 0.5) is 13.2 Å². The van der Waals surface area contributed by atoms with Crippen LogP contribution >= 0.6 is 0 Å². The molecule has 1 aliphatic heterocycles. The second-order valence-corrected chi connectivity index (χ2v) is 7.39. The van der Waals surface area contributed by atoms with Gasteiger partial charge in [0.1, 0.15) is 23.7 Å². The molecular formula is C21H24F3NO2. The third-order valence-electron chi connectivity index (χ3n) is 4.70. The van der Waals surface area contributed by atoms with Gasteiger partial charge in [0.15, 0.2) is 0 Å². The number of halogens is 3. The molecule has 3 rings (SSSR count). The Labute approximate surface area is 157 Å². The van der Waals surface area contributed by atoms with Crippen molar-refractivity contribution in [2.75, 3.05) is 20.2 Å². The minimum atomic E-state index is -4.33. The monoisotopic (exact) mass is 379 g/mol. The highest BCUT2D eigenvalue weighted by molar-refractivity contribution is 5.49. The Morgan fingerprint density at radius 2 is 1.85 bits per heavy atom. The van der Waals surface area contributed by atoms with Crippen molar-refractivity contribution in [3.05, 3.63) is 59.2 Å². The Morgan fingerprint density at radius 3 is 2.48 bits per heavy atom. The molecule has 0 aliphatic carbocycles. The summed E-state index contributed by atoms with van der Waals surface area (Å²) in [6.07, 6.45) is -3.64. The minimum Gasteiger partial charge on any atom is -0.492 e. The number of alkyl halides is 3. The number of ether oxygens (including phenoxy) is 2. The van der Waals surface area contributed by atoms with Crippen LogP contribution in [0.1, 0.15) is 42.9 Å². The predicted molar refractivity (Wildman–Crippen MR) is 98.5 cm³/mol. The third-order valence-corrected chi connectivity index (χ3v) is 4.70. The molecule has 0 aromatic heterocycles. The quantitative estimate of drug-likeness (QED) is 0.742. The van der Waals surface area contributed by atoms with Gasteiger partial charge in [-0.1, -0.05) is 18.2 Å². The molecule has 0 bridgehead atoms. The molecule has 1 unspecified atom stereocenters. The molecule has 0 saturated heterocycles. The average molecular weight is 379 g/mol. The molecule has 2 aromatic rings. The molecular weight excluding hydrogens is 355 g/mol. The summed E-state index contributed by atoms with van der Waals surface area (Å²) in [5, 5.41) is 3.02. The fourth-order valence-corrected chi connectivity index (χ4v) is 3.39. The van der Waals surface area contributed by atoms with E-state index in [-0.39, 0.29) is 5.92 Å². The minimum absolute atomic E-state index is 0.0302. The molecule has 1 aliphatic rings. The van der Waals surface area contributed by atoms with E-state index >= 15 is 0 Å². The lowest BCUT2D eigenvalue weighted by atomic mass is 9.80.